The first-order chi connectivity index (χ1) is 19.6. The summed E-state index contributed by atoms with van der Waals surface area (Å²) in [5.74, 6) is 0.387. The molecule has 2 aliphatic carbocycles. The van der Waals surface area contributed by atoms with Gasteiger partial charge in [-0.25, -0.2) is 27.4 Å². The third-order valence-electron chi connectivity index (χ3n) is 8.08. The molecule has 0 radical (unpaired) electrons. The van der Waals surface area contributed by atoms with Gasteiger partial charge in [0.15, 0.2) is 0 Å². The molecule has 1 aromatic carbocycles. The van der Waals surface area contributed by atoms with Gasteiger partial charge in [0, 0.05) is 43.5 Å². The van der Waals surface area contributed by atoms with Gasteiger partial charge in [0.25, 0.3) is 0 Å². The number of piperidine rings is 1. The maximum Gasteiger partial charge on any atom is 0.223 e. The van der Waals surface area contributed by atoms with Crippen LogP contribution in [-0.2, 0) is 16.6 Å². The second-order valence-corrected chi connectivity index (χ2v) is 14.2. The lowest BCUT2D eigenvalue weighted by molar-refractivity contribution is -0.0393. The zero-order chi connectivity index (χ0) is 28.8. The number of hydrogen-bond acceptors (Lipinski definition) is 9. The minimum atomic E-state index is -3.16. The Morgan fingerprint density at radius 1 is 1.17 bits per heavy atom. The molecule has 0 spiro atoms. The Balaban J connectivity index is 1.12. The van der Waals surface area contributed by atoms with Crippen LogP contribution >= 0.6 is 11.6 Å². The average molecular weight is 597 g/mol. The standard InChI is InChI=1S/C28H33ClN8O3S/c1-28(38)11-22(12-28)31-14-18-2-5-25(24(29)10-18)37-17-20(16-33-37)26-19(13-30)15-32-27(35-26)34-21-6-8-36(9-7-21)41(39,40)23-3-4-23/h2,5,10,15-17,21-23,31,38H,3-4,6-9,11-12,14H2,1H3,(H,32,34,35)/t22-,28-. The predicted molar refractivity (Wildman–Crippen MR) is 155 cm³/mol. The number of nitrogens with one attached hydrogen (secondary N) is 2. The number of aromatic nitrogens is 4. The Bertz CT molecular complexity index is 1580. The second kappa shape index (κ2) is 11.0. The Morgan fingerprint density at radius 3 is 2.59 bits per heavy atom. The zero-order valence-corrected chi connectivity index (χ0v) is 24.4. The van der Waals surface area contributed by atoms with Gasteiger partial charge >= 0.3 is 0 Å². The van der Waals surface area contributed by atoms with Crippen LogP contribution in [0.3, 0.4) is 0 Å². The summed E-state index contributed by atoms with van der Waals surface area (Å²) in [6, 6.07) is 8.28. The van der Waals surface area contributed by atoms with E-state index in [1.165, 1.54) is 6.20 Å². The molecule has 2 aromatic heterocycles. The molecule has 2 saturated carbocycles. The van der Waals surface area contributed by atoms with Crippen LogP contribution in [0.1, 0.15) is 56.6 Å². The zero-order valence-electron chi connectivity index (χ0n) is 22.8. The lowest BCUT2D eigenvalue weighted by Crippen LogP contribution is -2.51. The van der Waals surface area contributed by atoms with Gasteiger partial charge < -0.3 is 15.7 Å². The van der Waals surface area contributed by atoms with Crippen molar-refractivity contribution in [1.29, 1.82) is 5.26 Å². The quantitative estimate of drug-likeness (QED) is 0.338. The van der Waals surface area contributed by atoms with Crippen molar-refractivity contribution < 1.29 is 13.5 Å². The molecule has 3 fully saturated rings. The van der Waals surface area contributed by atoms with E-state index < -0.39 is 15.6 Å². The van der Waals surface area contributed by atoms with Crippen molar-refractivity contribution in [2.75, 3.05) is 18.4 Å². The SMILES string of the molecule is C[C@]1(O)C[C@H](NCc2ccc(-n3cc(-c4nc(NC5CCN(S(=O)(=O)C6CC6)CC5)ncc4C#N)cn3)c(Cl)c2)C1. The molecule has 13 heteroatoms. The minimum absolute atomic E-state index is 0.0356. The van der Waals surface area contributed by atoms with Crippen LogP contribution < -0.4 is 10.6 Å². The summed E-state index contributed by atoms with van der Waals surface area (Å²) in [7, 11) is -3.16. The molecular weight excluding hydrogens is 564 g/mol. The van der Waals surface area contributed by atoms with Gasteiger partial charge in [-0.15, -0.1) is 0 Å². The summed E-state index contributed by atoms with van der Waals surface area (Å²) in [5.41, 5.74) is 2.60. The number of nitrogens with zero attached hydrogens (tertiary/aromatic N) is 6. The largest absolute Gasteiger partial charge is 0.390 e. The van der Waals surface area contributed by atoms with Crippen molar-refractivity contribution in [3.8, 4) is 23.0 Å². The molecule has 216 valence electrons. The first-order valence-electron chi connectivity index (χ1n) is 13.9. The van der Waals surface area contributed by atoms with Crippen LogP contribution in [0.25, 0.3) is 16.9 Å². The molecule has 1 aliphatic heterocycles. The van der Waals surface area contributed by atoms with E-state index in [1.54, 1.807) is 21.4 Å². The third-order valence-corrected chi connectivity index (χ3v) is 10.8. The maximum absolute atomic E-state index is 12.5. The van der Waals surface area contributed by atoms with Crippen molar-refractivity contribution in [2.45, 2.75) is 74.9 Å². The van der Waals surface area contributed by atoms with Crippen molar-refractivity contribution in [1.82, 2.24) is 29.4 Å². The van der Waals surface area contributed by atoms with Crippen molar-refractivity contribution >= 4 is 27.6 Å². The number of hydrogen-bond donors (Lipinski definition) is 3. The number of benzene rings is 1. The second-order valence-electron chi connectivity index (χ2n) is 11.6. The molecule has 0 atom stereocenters. The maximum atomic E-state index is 12.5. The van der Waals surface area contributed by atoms with Crippen LogP contribution in [0.5, 0.6) is 0 Å². The number of halogens is 1. The summed E-state index contributed by atoms with van der Waals surface area (Å²) in [6.07, 6.45) is 9.24. The summed E-state index contributed by atoms with van der Waals surface area (Å²) >= 11 is 6.62. The van der Waals surface area contributed by atoms with Gasteiger partial charge in [-0.1, -0.05) is 17.7 Å². The predicted octanol–water partition coefficient (Wildman–Crippen LogP) is 3.23. The smallest absolute Gasteiger partial charge is 0.223 e. The monoisotopic (exact) mass is 596 g/mol. The Kier molecular flexibility index (Phi) is 7.50. The summed E-state index contributed by atoms with van der Waals surface area (Å²) < 4.78 is 28.3. The van der Waals surface area contributed by atoms with Crippen LogP contribution in [0.15, 0.2) is 36.8 Å². The molecule has 3 aliphatic rings. The van der Waals surface area contributed by atoms with Crippen molar-refractivity contribution in [2.24, 2.45) is 0 Å². The summed E-state index contributed by atoms with van der Waals surface area (Å²) in [4.78, 5) is 8.96. The fourth-order valence-electron chi connectivity index (χ4n) is 5.60. The number of anilines is 1. The number of aliphatic hydroxyl groups is 1. The van der Waals surface area contributed by atoms with Gasteiger partial charge in [-0.2, -0.15) is 10.4 Å². The molecule has 3 heterocycles. The number of rotatable bonds is 9. The van der Waals surface area contributed by atoms with E-state index in [9.17, 15) is 18.8 Å². The summed E-state index contributed by atoms with van der Waals surface area (Å²) in [5, 5.41) is 31.2. The number of sulfonamides is 1. The molecule has 3 N–H and O–H groups in total. The van der Waals surface area contributed by atoms with E-state index in [1.807, 2.05) is 25.1 Å². The lowest BCUT2D eigenvalue weighted by atomic mass is 9.77. The molecular formula is C28H33ClN8O3S. The van der Waals surface area contributed by atoms with Gasteiger partial charge in [0.2, 0.25) is 16.0 Å². The highest BCUT2D eigenvalue weighted by atomic mass is 35.5. The van der Waals surface area contributed by atoms with Crippen molar-refractivity contribution in [3.05, 3.63) is 52.9 Å². The van der Waals surface area contributed by atoms with Gasteiger partial charge in [-0.05, 0) is 63.1 Å². The van der Waals surface area contributed by atoms with Crippen molar-refractivity contribution in [3.63, 3.8) is 0 Å². The van der Waals surface area contributed by atoms with E-state index in [-0.39, 0.29) is 11.3 Å². The lowest BCUT2D eigenvalue weighted by Gasteiger charge is -2.41. The molecule has 0 amide bonds. The average Bonchev–Trinajstić information content (AvgIpc) is 3.69. The molecule has 0 bridgehead atoms. The van der Waals surface area contributed by atoms with E-state index in [0.717, 1.165) is 31.2 Å². The van der Waals surface area contributed by atoms with Gasteiger partial charge in [-0.3, -0.25) is 0 Å². The van der Waals surface area contributed by atoms with E-state index >= 15 is 0 Å². The van der Waals surface area contributed by atoms with E-state index in [2.05, 4.69) is 31.8 Å². The summed E-state index contributed by atoms with van der Waals surface area (Å²) in [6.45, 7) is 3.46. The molecule has 0 unspecified atom stereocenters. The molecule has 6 rings (SSSR count). The molecule has 3 aromatic rings. The normalized spacial score (nSPS) is 23.6. The first kappa shape index (κ1) is 28.1. The minimum Gasteiger partial charge on any atom is -0.390 e. The highest BCUT2D eigenvalue weighted by molar-refractivity contribution is 7.90. The highest BCUT2D eigenvalue weighted by Crippen LogP contribution is 2.33. The molecule has 41 heavy (non-hydrogen) atoms. The van der Waals surface area contributed by atoms with Crippen LogP contribution in [0, 0.1) is 11.3 Å². The fraction of sp³-hybridized carbons (Fsp3) is 0.500. The highest BCUT2D eigenvalue weighted by Gasteiger charge is 2.41. The van der Waals surface area contributed by atoms with Crippen LogP contribution in [0.2, 0.25) is 5.02 Å². The molecule has 11 nitrogen and oxygen atoms in total. The van der Waals surface area contributed by atoms with Crippen LogP contribution in [-0.4, -0.2) is 73.6 Å². The van der Waals surface area contributed by atoms with Crippen LogP contribution in [0.4, 0.5) is 5.95 Å². The van der Waals surface area contributed by atoms with Gasteiger partial charge in [0.05, 0.1) is 45.2 Å². The van der Waals surface area contributed by atoms with E-state index in [4.69, 9.17) is 11.6 Å². The third kappa shape index (κ3) is 6.10. The van der Waals surface area contributed by atoms with Gasteiger partial charge in [0.1, 0.15) is 6.07 Å². The molecule has 1 saturated heterocycles. The topological polar surface area (TPSA) is 149 Å². The Hall–Kier alpha value is -3.08. The Labute approximate surface area is 244 Å². The Morgan fingerprint density at radius 2 is 1.93 bits per heavy atom. The van der Waals surface area contributed by atoms with E-state index in [0.29, 0.717) is 72.0 Å². The fourth-order valence-corrected chi connectivity index (χ4v) is 7.76. The first-order valence-corrected chi connectivity index (χ1v) is 15.8. The number of nitriles is 1.